The predicted octanol–water partition coefficient (Wildman–Crippen LogP) is 6.03. The fraction of sp³-hybridized carbons (Fsp3) is 0.444. The van der Waals surface area contributed by atoms with Gasteiger partial charge in [-0.25, -0.2) is 0 Å². The Kier molecular flexibility index (Phi) is 7.36. The van der Waals surface area contributed by atoms with E-state index in [-0.39, 0.29) is 0 Å². The number of likely N-dealkylation sites (tertiary alicyclic amines) is 1. The zero-order valence-corrected chi connectivity index (χ0v) is 18.3. The van der Waals surface area contributed by atoms with E-state index >= 15 is 0 Å². The van der Waals surface area contributed by atoms with Crippen LogP contribution in [0, 0.1) is 0 Å². The highest BCUT2D eigenvalue weighted by molar-refractivity contribution is 5.86. The second kappa shape index (κ2) is 10.6. The van der Waals surface area contributed by atoms with Crippen LogP contribution in [0.4, 0.5) is 0 Å². The molecule has 1 saturated heterocycles. The first-order valence-corrected chi connectivity index (χ1v) is 11.6. The highest BCUT2D eigenvalue weighted by atomic mass is 16.5. The Hall–Kier alpha value is -2.39. The Morgan fingerprint density at radius 3 is 2.53 bits per heavy atom. The van der Waals surface area contributed by atoms with Gasteiger partial charge in [0.2, 0.25) is 0 Å². The van der Waals surface area contributed by atoms with E-state index in [4.69, 9.17) is 9.72 Å². The molecule has 0 spiro atoms. The average molecular weight is 403 g/mol. The Balaban J connectivity index is 1.43. The average Bonchev–Trinajstić information content (AvgIpc) is 2.80. The first-order valence-electron chi connectivity index (χ1n) is 11.6. The van der Waals surface area contributed by atoms with Crippen molar-refractivity contribution in [2.75, 3.05) is 26.2 Å². The minimum atomic E-state index is 0.750. The van der Waals surface area contributed by atoms with Crippen molar-refractivity contribution in [2.45, 2.75) is 51.9 Å². The number of pyridine rings is 1. The quantitative estimate of drug-likeness (QED) is 0.437. The molecule has 3 heteroatoms. The van der Waals surface area contributed by atoms with Gasteiger partial charge in [-0.05, 0) is 73.5 Å². The first-order chi connectivity index (χ1) is 14.8. The van der Waals surface area contributed by atoms with Crippen LogP contribution >= 0.6 is 0 Å². The van der Waals surface area contributed by atoms with E-state index in [1.807, 2.05) is 6.20 Å². The number of piperidine rings is 1. The van der Waals surface area contributed by atoms with Gasteiger partial charge in [-0.2, -0.15) is 0 Å². The smallest absolute Gasteiger partial charge is 0.120 e. The van der Waals surface area contributed by atoms with Crippen LogP contribution in [0.3, 0.4) is 0 Å². The number of benzene rings is 2. The molecule has 158 valence electrons. The Labute approximate surface area is 181 Å². The van der Waals surface area contributed by atoms with Crippen molar-refractivity contribution in [1.82, 2.24) is 9.88 Å². The van der Waals surface area contributed by atoms with Crippen LogP contribution in [0.25, 0.3) is 10.8 Å². The van der Waals surface area contributed by atoms with Crippen LogP contribution in [0.2, 0.25) is 0 Å². The molecule has 2 heterocycles. The third-order valence-electron chi connectivity index (χ3n) is 6.16. The van der Waals surface area contributed by atoms with Crippen molar-refractivity contribution in [3.63, 3.8) is 0 Å². The lowest BCUT2D eigenvalue weighted by molar-refractivity contribution is 0.183. The van der Waals surface area contributed by atoms with Crippen molar-refractivity contribution < 1.29 is 4.74 Å². The van der Waals surface area contributed by atoms with Gasteiger partial charge in [0.15, 0.2) is 0 Å². The molecule has 1 fully saturated rings. The molecule has 3 aromatic rings. The zero-order chi connectivity index (χ0) is 20.6. The summed E-state index contributed by atoms with van der Waals surface area (Å²) in [4.78, 5) is 7.22. The van der Waals surface area contributed by atoms with Gasteiger partial charge >= 0.3 is 0 Å². The van der Waals surface area contributed by atoms with Crippen LogP contribution in [0.5, 0.6) is 5.75 Å². The largest absolute Gasteiger partial charge is 0.492 e. The van der Waals surface area contributed by atoms with Gasteiger partial charge in [-0.3, -0.25) is 9.88 Å². The highest BCUT2D eigenvalue weighted by Crippen LogP contribution is 2.25. The van der Waals surface area contributed by atoms with E-state index in [2.05, 4.69) is 60.4 Å². The second-order valence-electron chi connectivity index (χ2n) is 8.49. The number of aryl methyl sites for hydroxylation is 1. The van der Waals surface area contributed by atoms with Crippen LogP contribution in [0.1, 0.15) is 55.8 Å². The Morgan fingerprint density at radius 1 is 0.933 bits per heavy atom. The fourth-order valence-electron chi connectivity index (χ4n) is 4.31. The number of rotatable bonds is 9. The topological polar surface area (TPSA) is 25.4 Å². The predicted molar refractivity (Wildman–Crippen MR) is 125 cm³/mol. The second-order valence-corrected chi connectivity index (χ2v) is 8.49. The Bertz CT molecular complexity index is 929. The molecule has 0 bridgehead atoms. The van der Waals surface area contributed by atoms with E-state index in [0.29, 0.717) is 0 Å². The van der Waals surface area contributed by atoms with Crippen molar-refractivity contribution in [2.24, 2.45) is 0 Å². The van der Waals surface area contributed by atoms with Gasteiger partial charge in [-0.1, -0.05) is 50.1 Å². The zero-order valence-electron chi connectivity index (χ0n) is 18.3. The first kappa shape index (κ1) is 20.9. The maximum Gasteiger partial charge on any atom is 0.120 e. The summed E-state index contributed by atoms with van der Waals surface area (Å²) < 4.78 is 6.11. The summed E-state index contributed by atoms with van der Waals surface area (Å²) in [5.74, 6) is 0.948. The number of fused-ring (bicyclic) bond motifs is 1. The van der Waals surface area contributed by atoms with E-state index < -0.39 is 0 Å². The monoisotopic (exact) mass is 402 g/mol. The maximum absolute atomic E-state index is 6.11. The molecule has 1 aliphatic rings. The highest BCUT2D eigenvalue weighted by Gasteiger charge is 2.10. The third kappa shape index (κ3) is 5.60. The molecule has 2 aromatic carbocycles. The normalized spacial score (nSPS) is 14.8. The number of unbranched alkanes of at least 4 members (excludes halogenated alkanes) is 1. The fourth-order valence-corrected chi connectivity index (χ4v) is 4.31. The summed E-state index contributed by atoms with van der Waals surface area (Å²) in [6.07, 6.45) is 10.5. The van der Waals surface area contributed by atoms with E-state index in [1.54, 1.807) is 0 Å². The van der Waals surface area contributed by atoms with Crippen molar-refractivity contribution in [3.8, 4) is 5.75 Å². The van der Waals surface area contributed by atoms with Crippen molar-refractivity contribution >= 4 is 10.8 Å². The van der Waals surface area contributed by atoms with E-state index in [0.717, 1.165) is 31.0 Å². The summed E-state index contributed by atoms with van der Waals surface area (Å²) in [6.45, 7) is 6.44. The van der Waals surface area contributed by atoms with Crippen LogP contribution in [-0.4, -0.2) is 36.1 Å². The number of aromatic nitrogens is 1. The molecule has 0 aliphatic carbocycles. The molecular formula is C27H34N2O. The minimum absolute atomic E-state index is 0.750. The lowest BCUT2D eigenvalue weighted by Crippen LogP contribution is -2.33. The maximum atomic E-state index is 6.11. The molecule has 0 amide bonds. The number of ether oxygens (including phenoxy) is 1. The van der Waals surface area contributed by atoms with Crippen molar-refractivity contribution in [3.05, 3.63) is 71.5 Å². The molecule has 1 aliphatic heterocycles. The van der Waals surface area contributed by atoms with Gasteiger partial charge in [0, 0.05) is 24.5 Å². The van der Waals surface area contributed by atoms with Gasteiger partial charge in [0.25, 0.3) is 0 Å². The summed E-state index contributed by atoms with van der Waals surface area (Å²) in [5, 5.41) is 2.42. The Morgan fingerprint density at radius 2 is 1.73 bits per heavy atom. The summed E-state index contributed by atoms with van der Waals surface area (Å²) in [7, 11) is 0. The standard InChI is InChI=1S/C27H34N2O/c1-2-3-7-22-8-10-23(11-9-22)20-27-26-21-25(13-12-24(26)14-15-28-27)30-19-18-29-16-5-4-6-17-29/h8-15,21H,2-7,16-20H2,1H3. The molecule has 4 rings (SSSR count). The molecule has 1 aromatic heterocycles. The molecule has 0 unspecified atom stereocenters. The molecular weight excluding hydrogens is 368 g/mol. The van der Waals surface area contributed by atoms with Crippen molar-refractivity contribution in [1.29, 1.82) is 0 Å². The van der Waals surface area contributed by atoms with Gasteiger partial charge in [-0.15, -0.1) is 0 Å². The summed E-state index contributed by atoms with van der Waals surface area (Å²) in [6, 6.07) is 17.6. The third-order valence-corrected chi connectivity index (χ3v) is 6.16. The number of hydrogen-bond donors (Lipinski definition) is 0. The van der Waals surface area contributed by atoms with Gasteiger partial charge < -0.3 is 4.74 Å². The lowest BCUT2D eigenvalue weighted by atomic mass is 10.0. The molecule has 0 N–H and O–H groups in total. The van der Waals surface area contributed by atoms with Gasteiger partial charge in [0.1, 0.15) is 12.4 Å². The molecule has 30 heavy (non-hydrogen) atoms. The van der Waals surface area contributed by atoms with E-state index in [9.17, 15) is 0 Å². The number of nitrogens with zero attached hydrogens (tertiary/aromatic N) is 2. The minimum Gasteiger partial charge on any atom is -0.492 e. The summed E-state index contributed by atoms with van der Waals surface area (Å²) in [5.41, 5.74) is 3.86. The molecule has 3 nitrogen and oxygen atoms in total. The van der Waals surface area contributed by atoms with Crippen LogP contribution in [0.15, 0.2) is 54.7 Å². The van der Waals surface area contributed by atoms with Crippen LogP contribution in [-0.2, 0) is 12.8 Å². The molecule has 0 radical (unpaired) electrons. The molecule has 0 saturated carbocycles. The molecule has 0 atom stereocenters. The number of hydrogen-bond acceptors (Lipinski definition) is 3. The summed E-state index contributed by atoms with van der Waals surface area (Å²) >= 11 is 0. The van der Waals surface area contributed by atoms with E-state index in [1.165, 1.54) is 73.5 Å². The van der Waals surface area contributed by atoms with Crippen LogP contribution < -0.4 is 4.74 Å². The SMILES string of the molecule is CCCCc1ccc(Cc2nccc3ccc(OCCN4CCCCC4)cc23)cc1. The van der Waals surface area contributed by atoms with Gasteiger partial charge in [0.05, 0.1) is 5.69 Å². The lowest BCUT2D eigenvalue weighted by Gasteiger charge is -2.26.